The first kappa shape index (κ1) is 31.8. The van der Waals surface area contributed by atoms with E-state index in [1.807, 2.05) is 70.2 Å². The molecule has 1 unspecified atom stereocenters. The number of carbonyl (C=O) groups excluding carboxylic acids is 1. The number of aromatic nitrogens is 1. The van der Waals surface area contributed by atoms with E-state index < -0.39 is 17.0 Å². The van der Waals surface area contributed by atoms with Crippen molar-refractivity contribution in [2.45, 2.75) is 65.2 Å². The molecule has 3 heterocycles. The Hall–Kier alpha value is -4.18. The molecule has 3 aromatic rings. The number of benzene rings is 2. The van der Waals surface area contributed by atoms with Gasteiger partial charge in [-0.3, -0.25) is 4.79 Å². The maximum atomic E-state index is 15.9. The molecule has 1 amide bonds. The lowest BCUT2D eigenvalue weighted by Gasteiger charge is -2.31. The third-order valence-electron chi connectivity index (χ3n) is 9.51. The molecule has 0 radical (unpaired) electrons. The number of nitrogens with zero attached hydrogens (tertiary/aromatic N) is 3. The summed E-state index contributed by atoms with van der Waals surface area (Å²) in [5.74, 6) is 0.292. The highest BCUT2D eigenvalue weighted by Gasteiger charge is 2.71. The van der Waals surface area contributed by atoms with Crippen LogP contribution in [0.3, 0.4) is 0 Å². The van der Waals surface area contributed by atoms with Crippen LogP contribution in [0.15, 0.2) is 48.5 Å². The number of fused-ring (bicyclic) bond motifs is 2. The largest absolute Gasteiger partial charge is 0.488 e. The third-order valence-corrected chi connectivity index (χ3v) is 9.51. The molecule has 244 valence electrons. The molecule has 1 aromatic heterocycles. The Kier molecular flexibility index (Phi) is 8.43. The summed E-state index contributed by atoms with van der Waals surface area (Å²) in [5, 5.41) is 10.0. The lowest BCUT2D eigenvalue weighted by Crippen LogP contribution is -2.43. The van der Waals surface area contributed by atoms with Gasteiger partial charge in [-0.05, 0) is 87.8 Å². The minimum absolute atomic E-state index is 0.0251. The van der Waals surface area contributed by atoms with E-state index in [1.165, 1.54) is 0 Å². The zero-order chi connectivity index (χ0) is 32.8. The summed E-state index contributed by atoms with van der Waals surface area (Å²) in [6.07, 6.45) is 1.22. The molecule has 10 heteroatoms. The predicted octanol–water partition coefficient (Wildman–Crippen LogP) is 6.04. The average molecular weight is 632 g/mol. The number of anilines is 1. The highest BCUT2D eigenvalue weighted by atomic mass is 19.1. The molecule has 0 bridgehead atoms. The van der Waals surface area contributed by atoms with Crippen molar-refractivity contribution in [1.82, 2.24) is 9.88 Å². The van der Waals surface area contributed by atoms with Crippen LogP contribution in [0.2, 0.25) is 0 Å². The second kappa shape index (κ2) is 12.2. The number of aryl methyl sites for hydroxylation is 1. The van der Waals surface area contributed by atoms with E-state index in [-0.39, 0.29) is 30.5 Å². The third kappa shape index (κ3) is 5.90. The lowest BCUT2D eigenvalue weighted by atomic mass is 9.97. The van der Waals surface area contributed by atoms with Gasteiger partial charge in [0.15, 0.2) is 0 Å². The van der Waals surface area contributed by atoms with Crippen LogP contribution >= 0.6 is 0 Å². The molecular formula is C36H42FN3O6. The van der Waals surface area contributed by atoms with Gasteiger partial charge < -0.3 is 29.1 Å². The van der Waals surface area contributed by atoms with E-state index in [2.05, 4.69) is 4.90 Å². The number of carboxylic acid groups (broad SMARTS) is 1. The molecule has 1 aliphatic carbocycles. The van der Waals surface area contributed by atoms with Crippen molar-refractivity contribution in [3.63, 3.8) is 0 Å². The number of hydrogen-bond acceptors (Lipinski definition) is 7. The van der Waals surface area contributed by atoms with Crippen LogP contribution in [-0.2, 0) is 33.7 Å². The van der Waals surface area contributed by atoms with Gasteiger partial charge in [0.05, 0.1) is 23.8 Å². The molecule has 3 atom stereocenters. The Morgan fingerprint density at radius 1 is 1.09 bits per heavy atom. The number of pyridine rings is 1. The van der Waals surface area contributed by atoms with E-state index in [4.69, 9.17) is 19.2 Å². The summed E-state index contributed by atoms with van der Waals surface area (Å²) in [5.41, 5.74) is 2.89. The van der Waals surface area contributed by atoms with Crippen LogP contribution in [0.4, 0.5) is 15.0 Å². The quantitative estimate of drug-likeness (QED) is 0.321. The summed E-state index contributed by atoms with van der Waals surface area (Å²) >= 11 is 0. The molecule has 0 spiro atoms. The van der Waals surface area contributed by atoms with Gasteiger partial charge in [0.1, 0.15) is 29.6 Å². The Labute approximate surface area is 269 Å². The van der Waals surface area contributed by atoms with Crippen molar-refractivity contribution in [2.75, 3.05) is 38.3 Å². The zero-order valence-corrected chi connectivity index (χ0v) is 27.1. The maximum absolute atomic E-state index is 15.9. The summed E-state index contributed by atoms with van der Waals surface area (Å²) in [7, 11) is 1.59. The number of para-hydroxylation sites is 1. The van der Waals surface area contributed by atoms with Gasteiger partial charge in [0.25, 0.3) is 0 Å². The number of aliphatic carboxylic acids is 1. The number of methoxy groups -OCH3 is 1. The standard InChI is InChI=1S/C36H42FN3O6/c1-22-8-6-9-27(28-10-7-11-30(38-28)40-19-25-18-36(25,33(41)42)29(40)21-44-5)32(22)45-20-24-13-12-23-14-16-39(17-15-26(23)31(24)37)34(43)46-35(2,3)4/h6-13,25,29H,14-21H2,1-5H3,(H,41,42)/t25?,29-,36-/m1/s1. The van der Waals surface area contributed by atoms with Crippen molar-refractivity contribution in [3.8, 4) is 17.0 Å². The number of amides is 1. The monoisotopic (exact) mass is 631 g/mol. The first-order valence-electron chi connectivity index (χ1n) is 15.9. The Bertz CT molecular complexity index is 1660. The van der Waals surface area contributed by atoms with Crippen molar-refractivity contribution < 1.29 is 33.3 Å². The minimum atomic E-state index is -0.794. The summed E-state index contributed by atoms with van der Waals surface area (Å²) in [6.45, 7) is 9.24. The van der Waals surface area contributed by atoms with Crippen LogP contribution in [0.1, 0.15) is 49.4 Å². The van der Waals surface area contributed by atoms with Gasteiger partial charge in [-0.25, -0.2) is 14.2 Å². The van der Waals surface area contributed by atoms with Gasteiger partial charge >= 0.3 is 12.1 Å². The van der Waals surface area contributed by atoms with Crippen molar-refractivity contribution >= 4 is 17.9 Å². The number of carboxylic acids is 1. The van der Waals surface area contributed by atoms with Crippen molar-refractivity contribution in [2.24, 2.45) is 11.3 Å². The SMILES string of the molecule is COC[C@H]1N(c2cccc(-c3cccc(C)c3OCc3ccc4c(c3F)CCN(C(=O)OC(C)(C)C)CC4)n2)CC2C[C@@]21C(=O)O. The van der Waals surface area contributed by atoms with Crippen LogP contribution in [0.5, 0.6) is 5.75 Å². The molecule has 2 fully saturated rings. The molecule has 2 aliphatic heterocycles. The van der Waals surface area contributed by atoms with E-state index in [0.29, 0.717) is 73.9 Å². The minimum Gasteiger partial charge on any atom is -0.488 e. The number of rotatable bonds is 8. The van der Waals surface area contributed by atoms with Gasteiger partial charge in [0, 0.05) is 37.9 Å². The fourth-order valence-corrected chi connectivity index (χ4v) is 7.06. The molecule has 1 saturated heterocycles. The molecule has 1 saturated carbocycles. The van der Waals surface area contributed by atoms with Crippen molar-refractivity contribution in [1.29, 1.82) is 0 Å². The van der Waals surface area contributed by atoms with E-state index in [0.717, 1.165) is 16.7 Å². The molecule has 46 heavy (non-hydrogen) atoms. The second-order valence-electron chi connectivity index (χ2n) is 13.6. The average Bonchev–Trinajstić information content (AvgIpc) is 3.71. The zero-order valence-electron chi connectivity index (χ0n) is 27.1. The fourth-order valence-electron chi connectivity index (χ4n) is 7.06. The lowest BCUT2D eigenvalue weighted by molar-refractivity contribution is -0.144. The molecular weight excluding hydrogens is 589 g/mol. The molecule has 2 aromatic carbocycles. The number of hydrogen-bond donors (Lipinski definition) is 1. The van der Waals surface area contributed by atoms with Crippen LogP contribution < -0.4 is 9.64 Å². The summed E-state index contributed by atoms with van der Waals surface area (Å²) in [4.78, 5) is 33.6. The van der Waals surface area contributed by atoms with E-state index >= 15 is 4.39 Å². The maximum Gasteiger partial charge on any atom is 0.410 e. The highest BCUT2D eigenvalue weighted by Crippen LogP contribution is 2.62. The topological polar surface area (TPSA) is 101 Å². The van der Waals surface area contributed by atoms with Gasteiger partial charge in [-0.1, -0.05) is 30.3 Å². The molecule has 9 nitrogen and oxygen atoms in total. The highest BCUT2D eigenvalue weighted by molar-refractivity contribution is 5.82. The number of halogens is 1. The van der Waals surface area contributed by atoms with E-state index in [9.17, 15) is 14.7 Å². The molecule has 3 aliphatic rings. The first-order chi connectivity index (χ1) is 21.9. The number of carbonyl (C=O) groups is 2. The Morgan fingerprint density at radius 3 is 2.59 bits per heavy atom. The Morgan fingerprint density at radius 2 is 1.85 bits per heavy atom. The summed E-state index contributed by atoms with van der Waals surface area (Å²) < 4.78 is 33.3. The van der Waals surface area contributed by atoms with Crippen LogP contribution in [0, 0.1) is 24.1 Å². The normalized spacial score (nSPS) is 22.1. The van der Waals surface area contributed by atoms with Crippen LogP contribution in [0.25, 0.3) is 11.3 Å². The predicted molar refractivity (Wildman–Crippen MR) is 172 cm³/mol. The Balaban J connectivity index is 1.21. The van der Waals surface area contributed by atoms with Gasteiger partial charge in [0.2, 0.25) is 0 Å². The van der Waals surface area contributed by atoms with Gasteiger partial charge in [-0.15, -0.1) is 0 Å². The fraction of sp³-hybridized carbons (Fsp3) is 0.472. The number of piperidine rings is 1. The molecule has 6 rings (SSSR count). The van der Waals surface area contributed by atoms with Gasteiger partial charge in [-0.2, -0.15) is 0 Å². The number of ether oxygens (including phenoxy) is 3. The second-order valence-corrected chi connectivity index (χ2v) is 13.6. The smallest absolute Gasteiger partial charge is 0.410 e. The molecule has 1 N–H and O–H groups in total. The van der Waals surface area contributed by atoms with E-state index in [1.54, 1.807) is 18.1 Å². The van der Waals surface area contributed by atoms with Crippen molar-refractivity contribution in [3.05, 3.63) is 76.6 Å². The summed E-state index contributed by atoms with van der Waals surface area (Å²) in [6, 6.07) is 14.9. The van der Waals surface area contributed by atoms with Crippen LogP contribution in [-0.4, -0.2) is 72.0 Å². The first-order valence-corrected chi connectivity index (χ1v) is 15.9.